The highest BCUT2D eigenvalue weighted by atomic mass is 19.4. The van der Waals surface area contributed by atoms with Crippen molar-refractivity contribution < 1.29 is 18.5 Å². The maximum Gasteiger partial charge on any atom is 0.416 e. The van der Waals surface area contributed by atoms with Gasteiger partial charge in [0.2, 0.25) is 0 Å². The standard InChI is InChI=1S/C25H24F3N/c1-17(15-18-7-6-10-21(16-18)25(26,27)28)29-24-22-11-4-2-8-19(22)13-14-20-9-3-5-12-23(20)24/h2-12,16-17,24,29H,13-15H2,1H3/p+1/t17-/m1/s1. The van der Waals surface area contributed by atoms with Crippen molar-refractivity contribution in [1.29, 1.82) is 0 Å². The molecular weight excluding hydrogens is 371 g/mol. The zero-order valence-electron chi connectivity index (χ0n) is 16.4. The summed E-state index contributed by atoms with van der Waals surface area (Å²) in [6.45, 7) is 2.09. The molecule has 0 aromatic heterocycles. The lowest BCUT2D eigenvalue weighted by Crippen LogP contribution is -2.90. The fourth-order valence-corrected chi connectivity index (χ4v) is 4.42. The lowest BCUT2D eigenvalue weighted by Gasteiger charge is -2.23. The number of benzene rings is 3. The van der Waals surface area contributed by atoms with Crippen molar-refractivity contribution in [3.8, 4) is 0 Å². The van der Waals surface area contributed by atoms with Gasteiger partial charge in [-0.15, -0.1) is 0 Å². The van der Waals surface area contributed by atoms with E-state index in [9.17, 15) is 13.2 Å². The lowest BCUT2D eigenvalue weighted by molar-refractivity contribution is -0.716. The highest BCUT2D eigenvalue weighted by Crippen LogP contribution is 2.31. The first kappa shape index (κ1) is 19.7. The number of hydrogen-bond acceptors (Lipinski definition) is 0. The Hall–Kier alpha value is -2.59. The van der Waals surface area contributed by atoms with E-state index in [0.717, 1.165) is 24.5 Å². The Morgan fingerprint density at radius 1 is 0.862 bits per heavy atom. The highest BCUT2D eigenvalue weighted by Gasteiger charge is 2.31. The van der Waals surface area contributed by atoms with E-state index in [1.165, 1.54) is 34.4 Å². The predicted octanol–water partition coefficient (Wildman–Crippen LogP) is 5.09. The van der Waals surface area contributed by atoms with Gasteiger partial charge in [-0.05, 0) is 42.5 Å². The number of aryl methyl sites for hydroxylation is 2. The Balaban J connectivity index is 1.61. The van der Waals surface area contributed by atoms with Gasteiger partial charge in [0.15, 0.2) is 0 Å². The first-order valence-corrected chi connectivity index (χ1v) is 10.1. The maximum atomic E-state index is 13.0. The fraction of sp³-hybridized carbons (Fsp3) is 0.280. The minimum atomic E-state index is -4.30. The van der Waals surface area contributed by atoms with Crippen LogP contribution in [0.2, 0.25) is 0 Å². The molecule has 1 aliphatic rings. The summed E-state index contributed by atoms with van der Waals surface area (Å²) < 4.78 is 39.1. The smallest absolute Gasteiger partial charge is 0.334 e. The summed E-state index contributed by atoms with van der Waals surface area (Å²) in [5.74, 6) is 0. The monoisotopic (exact) mass is 396 g/mol. The Labute approximate surface area is 169 Å². The van der Waals surface area contributed by atoms with E-state index in [-0.39, 0.29) is 12.1 Å². The third-order valence-corrected chi connectivity index (χ3v) is 5.78. The zero-order chi connectivity index (χ0) is 20.4. The van der Waals surface area contributed by atoms with Gasteiger partial charge >= 0.3 is 6.18 Å². The molecule has 0 bridgehead atoms. The van der Waals surface area contributed by atoms with Crippen molar-refractivity contribution in [3.63, 3.8) is 0 Å². The molecule has 3 aromatic rings. The van der Waals surface area contributed by atoms with Crippen molar-refractivity contribution in [3.05, 3.63) is 106 Å². The number of quaternary nitrogens is 1. The highest BCUT2D eigenvalue weighted by molar-refractivity contribution is 5.42. The largest absolute Gasteiger partial charge is 0.416 e. The summed E-state index contributed by atoms with van der Waals surface area (Å²) in [5.41, 5.74) is 5.49. The van der Waals surface area contributed by atoms with Crippen molar-refractivity contribution in [1.82, 2.24) is 0 Å². The van der Waals surface area contributed by atoms with Gasteiger partial charge in [0, 0.05) is 17.5 Å². The third-order valence-electron chi connectivity index (χ3n) is 5.78. The van der Waals surface area contributed by atoms with Crippen LogP contribution >= 0.6 is 0 Å². The number of alkyl halides is 3. The van der Waals surface area contributed by atoms with Crippen LogP contribution in [0.4, 0.5) is 13.2 Å². The number of nitrogens with two attached hydrogens (primary N) is 1. The van der Waals surface area contributed by atoms with Crippen LogP contribution in [-0.2, 0) is 25.4 Å². The molecule has 0 radical (unpaired) electrons. The van der Waals surface area contributed by atoms with E-state index in [2.05, 4.69) is 60.8 Å². The number of hydrogen-bond donors (Lipinski definition) is 1. The van der Waals surface area contributed by atoms with Crippen LogP contribution in [0.5, 0.6) is 0 Å². The molecule has 1 nitrogen and oxygen atoms in total. The second-order valence-electron chi connectivity index (χ2n) is 7.95. The normalized spacial score (nSPS) is 15.3. The van der Waals surface area contributed by atoms with Crippen molar-refractivity contribution >= 4 is 0 Å². The first-order chi connectivity index (χ1) is 13.9. The molecule has 1 aliphatic carbocycles. The Kier molecular flexibility index (Phi) is 5.46. The second kappa shape index (κ2) is 8.03. The number of rotatable bonds is 4. The molecule has 150 valence electrons. The summed E-state index contributed by atoms with van der Waals surface area (Å²) >= 11 is 0. The molecule has 3 aromatic carbocycles. The van der Waals surface area contributed by atoms with Gasteiger partial charge in [-0.3, -0.25) is 0 Å². The van der Waals surface area contributed by atoms with Gasteiger partial charge in [-0.25, -0.2) is 0 Å². The van der Waals surface area contributed by atoms with E-state index in [1.54, 1.807) is 6.07 Å². The number of halogens is 3. The maximum absolute atomic E-state index is 13.0. The summed E-state index contributed by atoms with van der Waals surface area (Å²) in [5, 5.41) is 2.31. The van der Waals surface area contributed by atoms with E-state index in [0.29, 0.717) is 6.42 Å². The van der Waals surface area contributed by atoms with E-state index in [1.807, 2.05) is 0 Å². The van der Waals surface area contributed by atoms with Crippen molar-refractivity contribution in [2.75, 3.05) is 0 Å². The molecule has 0 unspecified atom stereocenters. The minimum absolute atomic E-state index is 0.141. The van der Waals surface area contributed by atoms with Crippen LogP contribution in [0, 0.1) is 0 Å². The summed E-state index contributed by atoms with van der Waals surface area (Å²) in [7, 11) is 0. The Morgan fingerprint density at radius 3 is 2.03 bits per heavy atom. The third kappa shape index (κ3) is 4.38. The van der Waals surface area contributed by atoms with Crippen LogP contribution in [0.25, 0.3) is 0 Å². The zero-order valence-corrected chi connectivity index (χ0v) is 16.4. The van der Waals surface area contributed by atoms with E-state index >= 15 is 0 Å². The molecular formula is C25H25F3N+. The van der Waals surface area contributed by atoms with Crippen LogP contribution in [0.15, 0.2) is 72.8 Å². The van der Waals surface area contributed by atoms with Crippen LogP contribution in [0.3, 0.4) is 0 Å². The molecule has 29 heavy (non-hydrogen) atoms. The Bertz CT molecular complexity index is 946. The Morgan fingerprint density at radius 2 is 1.45 bits per heavy atom. The van der Waals surface area contributed by atoms with Crippen LogP contribution in [-0.4, -0.2) is 6.04 Å². The molecule has 0 heterocycles. The quantitative estimate of drug-likeness (QED) is 0.633. The molecule has 0 saturated carbocycles. The molecule has 4 rings (SSSR count). The lowest BCUT2D eigenvalue weighted by atomic mass is 9.93. The van der Waals surface area contributed by atoms with E-state index in [4.69, 9.17) is 0 Å². The van der Waals surface area contributed by atoms with Gasteiger partial charge in [0.1, 0.15) is 6.04 Å². The van der Waals surface area contributed by atoms with Crippen molar-refractivity contribution in [2.24, 2.45) is 0 Å². The summed E-state index contributed by atoms with van der Waals surface area (Å²) in [6.07, 6.45) is -1.69. The molecule has 0 aliphatic heterocycles. The summed E-state index contributed by atoms with van der Waals surface area (Å²) in [4.78, 5) is 0. The number of fused-ring (bicyclic) bond motifs is 2. The SMILES string of the molecule is C[C@H](Cc1cccc(C(F)(F)F)c1)[NH2+]C1c2ccccc2CCc2ccccc21. The molecule has 4 heteroatoms. The van der Waals surface area contributed by atoms with Gasteiger partial charge in [-0.1, -0.05) is 66.7 Å². The van der Waals surface area contributed by atoms with Gasteiger partial charge < -0.3 is 5.32 Å². The molecule has 0 fully saturated rings. The average Bonchev–Trinajstić information content (AvgIpc) is 2.85. The van der Waals surface area contributed by atoms with Crippen LogP contribution < -0.4 is 5.32 Å². The molecule has 0 saturated heterocycles. The topological polar surface area (TPSA) is 16.6 Å². The molecule has 0 amide bonds. The van der Waals surface area contributed by atoms with E-state index < -0.39 is 11.7 Å². The first-order valence-electron chi connectivity index (χ1n) is 10.1. The second-order valence-corrected chi connectivity index (χ2v) is 7.95. The predicted molar refractivity (Wildman–Crippen MR) is 109 cm³/mol. The molecule has 1 atom stereocenters. The summed E-state index contributed by atoms with van der Waals surface area (Å²) in [6, 6.07) is 23.1. The molecule has 2 N–H and O–H groups in total. The van der Waals surface area contributed by atoms with Gasteiger partial charge in [0.05, 0.1) is 11.6 Å². The fourth-order valence-electron chi connectivity index (χ4n) is 4.42. The van der Waals surface area contributed by atoms with Gasteiger partial charge in [0.25, 0.3) is 0 Å². The average molecular weight is 396 g/mol. The molecule has 0 spiro atoms. The van der Waals surface area contributed by atoms with Crippen molar-refractivity contribution in [2.45, 2.75) is 44.4 Å². The minimum Gasteiger partial charge on any atom is -0.334 e. The van der Waals surface area contributed by atoms with Gasteiger partial charge in [-0.2, -0.15) is 13.2 Å². The van der Waals surface area contributed by atoms with Crippen LogP contribution in [0.1, 0.15) is 46.3 Å².